The first-order chi connectivity index (χ1) is 20.3. The van der Waals surface area contributed by atoms with Crippen molar-refractivity contribution in [1.29, 1.82) is 0 Å². The van der Waals surface area contributed by atoms with Crippen LogP contribution in [0.4, 0.5) is 11.4 Å². The van der Waals surface area contributed by atoms with E-state index in [1.807, 2.05) is 0 Å². The van der Waals surface area contributed by atoms with Gasteiger partial charge in [0.15, 0.2) is 5.78 Å². The van der Waals surface area contributed by atoms with Gasteiger partial charge in [0, 0.05) is 34.2 Å². The summed E-state index contributed by atoms with van der Waals surface area (Å²) in [4.78, 5) is 65.3. The number of nitrogens with one attached hydrogen (secondary N) is 2. The molecule has 0 saturated carbocycles. The number of ketones is 1. The van der Waals surface area contributed by atoms with Gasteiger partial charge in [-0.15, -0.1) is 11.8 Å². The zero-order chi connectivity index (χ0) is 29.6. The summed E-state index contributed by atoms with van der Waals surface area (Å²) in [6, 6.07) is 25.0. The number of imide groups is 1. The van der Waals surface area contributed by atoms with Gasteiger partial charge in [0.1, 0.15) is 11.5 Å². The third kappa shape index (κ3) is 6.56. The van der Waals surface area contributed by atoms with Gasteiger partial charge in [-0.2, -0.15) is 0 Å². The van der Waals surface area contributed by atoms with Crippen molar-refractivity contribution in [2.75, 3.05) is 10.2 Å². The van der Waals surface area contributed by atoms with E-state index in [1.165, 1.54) is 31.0 Å². The molecule has 0 radical (unpaired) electrons. The highest BCUT2D eigenvalue weighted by Crippen LogP contribution is 2.35. The first-order valence-electron chi connectivity index (χ1n) is 13.0. The number of furan rings is 1. The monoisotopic (exact) mass is 579 g/mol. The average Bonchev–Trinajstić information content (AvgIpc) is 3.60. The van der Waals surface area contributed by atoms with Crippen LogP contribution in [0.5, 0.6) is 0 Å². The molecule has 210 valence electrons. The first-order valence-corrected chi connectivity index (χ1v) is 13.8. The largest absolute Gasteiger partial charge is 0.465 e. The van der Waals surface area contributed by atoms with Crippen molar-refractivity contribution in [3.05, 3.63) is 120 Å². The second-order valence-corrected chi connectivity index (χ2v) is 10.6. The van der Waals surface area contributed by atoms with Gasteiger partial charge < -0.3 is 15.1 Å². The highest BCUT2D eigenvalue weighted by atomic mass is 32.2. The fraction of sp³-hybridized carbons (Fsp3) is 0.0938. The van der Waals surface area contributed by atoms with Crippen molar-refractivity contribution in [2.24, 2.45) is 0 Å². The number of thioether (sulfide) groups is 1. The molecular formula is C32H25N3O6S. The summed E-state index contributed by atoms with van der Waals surface area (Å²) in [6.07, 6.45) is 2.89. The van der Waals surface area contributed by atoms with Crippen molar-refractivity contribution in [3.63, 3.8) is 0 Å². The van der Waals surface area contributed by atoms with Crippen molar-refractivity contribution < 1.29 is 28.4 Å². The Morgan fingerprint density at radius 2 is 1.67 bits per heavy atom. The Balaban J connectivity index is 1.29. The minimum atomic E-state index is -0.657. The smallest absolute Gasteiger partial charge is 0.272 e. The lowest BCUT2D eigenvalue weighted by molar-refractivity contribution is -0.121. The maximum atomic E-state index is 13.3. The number of carbonyl (C=O) groups is 5. The molecule has 9 nitrogen and oxygen atoms in total. The molecule has 1 fully saturated rings. The summed E-state index contributed by atoms with van der Waals surface area (Å²) in [5.41, 5.74) is 1.68. The van der Waals surface area contributed by atoms with E-state index in [9.17, 15) is 24.0 Å². The molecule has 0 spiro atoms. The summed E-state index contributed by atoms with van der Waals surface area (Å²) in [7, 11) is 0. The van der Waals surface area contributed by atoms with E-state index in [0.717, 1.165) is 4.90 Å². The SMILES string of the molecule is CC(=O)c1ccc(N2C(=O)CC(Sc3cccc(NC(=O)/C(=C\c4ccco4)NC(=O)c4ccccc4)c3)C2=O)cc1. The number of nitrogens with zero attached hydrogens (tertiary/aromatic N) is 1. The Morgan fingerprint density at radius 3 is 2.36 bits per heavy atom. The van der Waals surface area contributed by atoms with Gasteiger partial charge in [-0.1, -0.05) is 24.3 Å². The standard InChI is InChI=1S/C32H25N3O6S/c1-20(36)21-12-14-24(15-13-21)35-29(37)19-28(32(35)40)42-26-11-5-9-23(17-26)33-31(39)27(18-25-10-6-16-41-25)34-30(38)22-7-3-2-4-8-22/h2-18,28H,19H2,1H3,(H,33,39)(H,34,38)/b27-18+. The van der Waals surface area contributed by atoms with Crippen LogP contribution in [0.1, 0.15) is 39.8 Å². The minimum absolute atomic E-state index is 0.0100. The molecule has 2 heterocycles. The maximum absolute atomic E-state index is 13.3. The summed E-state index contributed by atoms with van der Waals surface area (Å²) in [5, 5.41) is 4.77. The van der Waals surface area contributed by atoms with E-state index in [0.29, 0.717) is 33.2 Å². The minimum Gasteiger partial charge on any atom is -0.465 e. The first kappa shape index (κ1) is 28.3. The number of Topliss-reactive ketones (excluding diaryl/α,β-unsaturated/α-hetero) is 1. The highest BCUT2D eigenvalue weighted by molar-refractivity contribution is 8.00. The lowest BCUT2D eigenvalue weighted by atomic mass is 10.1. The van der Waals surface area contributed by atoms with Gasteiger partial charge in [0.05, 0.1) is 17.2 Å². The lowest BCUT2D eigenvalue weighted by Gasteiger charge is -2.15. The molecule has 1 aliphatic heterocycles. The van der Waals surface area contributed by atoms with Crippen molar-refractivity contribution in [1.82, 2.24) is 5.32 Å². The van der Waals surface area contributed by atoms with Crippen LogP contribution in [-0.2, 0) is 14.4 Å². The van der Waals surface area contributed by atoms with E-state index in [-0.39, 0.29) is 29.7 Å². The number of hydrogen-bond acceptors (Lipinski definition) is 7. The highest BCUT2D eigenvalue weighted by Gasteiger charge is 2.40. The third-order valence-electron chi connectivity index (χ3n) is 6.37. The van der Waals surface area contributed by atoms with Crippen LogP contribution in [0, 0.1) is 0 Å². The fourth-order valence-corrected chi connectivity index (χ4v) is 5.39. The van der Waals surface area contributed by atoms with Gasteiger partial charge in [0.25, 0.3) is 11.8 Å². The molecule has 1 saturated heterocycles. The predicted molar refractivity (Wildman–Crippen MR) is 159 cm³/mol. The van der Waals surface area contributed by atoms with Crippen LogP contribution in [0.2, 0.25) is 0 Å². The van der Waals surface area contributed by atoms with Gasteiger partial charge in [-0.25, -0.2) is 4.90 Å². The lowest BCUT2D eigenvalue weighted by Crippen LogP contribution is -2.31. The fourth-order valence-electron chi connectivity index (χ4n) is 4.28. The maximum Gasteiger partial charge on any atom is 0.272 e. The molecule has 10 heteroatoms. The second kappa shape index (κ2) is 12.5. The van der Waals surface area contributed by atoms with Crippen LogP contribution in [-0.4, -0.2) is 34.7 Å². The Hall–Kier alpha value is -5.22. The van der Waals surface area contributed by atoms with E-state index in [4.69, 9.17) is 4.42 Å². The van der Waals surface area contributed by atoms with Crippen LogP contribution in [0.15, 0.2) is 112 Å². The second-order valence-electron chi connectivity index (χ2n) is 9.36. The van der Waals surface area contributed by atoms with E-state index >= 15 is 0 Å². The van der Waals surface area contributed by atoms with Gasteiger partial charge in [-0.05, 0) is 73.7 Å². The molecule has 1 atom stereocenters. The van der Waals surface area contributed by atoms with Crippen LogP contribution >= 0.6 is 11.8 Å². The summed E-state index contributed by atoms with van der Waals surface area (Å²) in [6.45, 7) is 1.45. The molecule has 0 aliphatic carbocycles. The summed E-state index contributed by atoms with van der Waals surface area (Å²) < 4.78 is 5.33. The summed E-state index contributed by atoms with van der Waals surface area (Å²) in [5.74, 6) is -1.46. The molecule has 3 aromatic carbocycles. The number of rotatable bonds is 9. The van der Waals surface area contributed by atoms with Crippen molar-refractivity contribution in [2.45, 2.75) is 23.5 Å². The molecular weight excluding hydrogens is 554 g/mol. The summed E-state index contributed by atoms with van der Waals surface area (Å²) >= 11 is 1.21. The molecule has 4 amide bonds. The molecule has 1 aromatic heterocycles. The van der Waals surface area contributed by atoms with Crippen LogP contribution < -0.4 is 15.5 Å². The van der Waals surface area contributed by atoms with Gasteiger partial charge >= 0.3 is 0 Å². The molecule has 2 N–H and O–H groups in total. The number of carbonyl (C=O) groups excluding carboxylic acids is 5. The third-order valence-corrected chi connectivity index (χ3v) is 7.55. The molecule has 1 unspecified atom stereocenters. The Morgan fingerprint density at radius 1 is 0.905 bits per heavy atom. The van der Waals surface area contributed by atoms with Crippen LogP contribution in [0.3, 0.4) is 0 Å². The molecule has 5 rings (SSSR count). The number of hydrogen-bond donors (Lipinski definition) is 2. The Bertz CT molecular complexity index is 1680. The molecule has 0 bridgehead atoms. The number of benzene rings is 3. The van der Waals surface area contributed by atoms with Crippen molar-refractivity contribution in [3.8, 4) is 0 Å². The topological polar surface area (TPSA) is 126 Å². The van der Waals surface area contributed by atoms with E-state index < -0.39 is 17.1 Å². The van der Waals surface area contributed by atoms with Gasteiger partial charge in [0.2, 0.25) is 11.8 Å². The molecule has 42 heavy (non-hydrogen) atoms. The Kier molecular flexibility index (Phi) is 8.44. The van der Waals surface area contributed by atoms with Crippen molar-refractivity contribution >= 4 is 58.6 Å². The molecule has 1 aliphatic rings. The van der Waals surface area contributed by atoms with E-state index in [1.54, 1.807) is 91.0 Å². The van der Waals surface area contributed by atoms with Crippen LogP contribution in [0.25, 0.3) is 6.08 Å². The predicted octanol–water partition coefficient (Wildman–Crippen LogP) is 5.32. The van der Waals surface area contributed by atoms with E-state index in [2.05, 4.69) is 10.6 Å². The van der Waals surface area contributed by atoms with Gasteiger partial charge in [-0.3, -0.25) is 24.0 Å². The Labute approximate surface area is 245 Å². The number of anilines is 2. The average molecular weight is 580 g/mol. The zero-order valence-electron chi connectivity index (χ0n) is 22.4. The normalized spacial score (nSPS) is 15.0. The quantitative estimate of drug-likeness (QED) is 0.156. The zero-order valence-corrected chi connectivity index (χ0v) is 23.2. The number of amides is 4. The molecule has 4 aromatic rings.